The fraction of sp³-hybridized carbons (Fsp3) is 0.389. The summed E-state index contributed by atoms with van der Waals surface area (Å²) in [5.74, 6) is 0.732. The van der Waals surface area contributed by atoms with Gasteiger partial charge in [0.2, 0.25) is 0 Å². The van der Waals surface area contributed by atoms with Gasteiger partial charge >= 0.3 is 0 Å². The van der Waals surface area contributed by atoms with Gasteiger partial charge in [-0.15, -0.1) is 11.3 Å². The van der Waals surface area contributed by atoms with Gasteiger partial charge in [0.15, 0.2) is 10.2 Å². The number of benzene rings is 1. The lowest BCUT2D eigenvalue weighted by Gasteiger charge is -2.24. The Morgan fingerprint density at radius 1 is 1.08 bits per heavy atom. The maximum Gasteiger partial charge on any atom is 0.158 e. The Hall–Kier alpha value is -1.50. The molecule has 0 aliphatic rings. The van der Waals surface area contributed by atoms with Crippen molar-refractivity contribution in [2.24, 2.45) is 0 Å². The Kier molecular flexibility index (Phi) is 5.48. The number of aryl methyl sites for hydroxylation is 1. The molecule has 126 valence electrons. The first-order valence-electron chi connectivity index (χ1n) is 7.99. The number of rotatable bonds is 6. The lowest BCUT2D eigenvalue weighted by Crippen LogP contribution is -2.21. The minimum absolute atomic E-state index is 0.110. The zero-order chi connectivity index (χ0) is 17.1. The van der Waals surface area contributed by atoms with Crippen LogP contribution in [0.25, 0.3) is 10.2 Å². The molecule has 4 nitrogen and oxygen atoms in total. The molecule has 0 unspecified atom stereocenters. The smallest absolute Gasteiger partial charge is 0.158 e. The van der Waals surface area contributed by atoms with Crippen LogP contribution in [0.4, 0.5) is 0 Å². The SMILES string of the molecule is Cc1cnc([C@@H](OC(C)C)[C@@H](C)Sc2nc3ccccc3s2)nc1. The molecule has 0 aliphatic heterocycles. The third-order valence-electron chi connectivity index (χ3n) is 3.46. The Morgan fingerprint density at radius 2 is 1.79 bits per heavy atom. The maximum absolute atomic E-state index is 6.12. The third-order valence-corrected chi connectivity index (χ3v) is 5.74. The zero-order valence-electron chi connectivity index (χ0n) is 14.3. The predicted octanol–water partition coefficient (Wildman–Crippen LogP) is 5.04. The number of hydrogen-bond donors (Lipinski definition) is 0. The molecule has 0 radical (unpaired) electrons. The summed E-state index contributed by atoms with van der Waals surface area (Å²) in [5.41, 5.74) is 2.10. The number of ether oxygens (including phenoxy) is 1. The zero-order valence-corrected chi connectivity index (χ0v) is 15.9. The minimum Gasteiger partial charge on any atom is -0.366 e. The molecule has 3 aromatic rings. The minimum atomic E-state index is -0.164. The van der Waals surface area contributed by atoms with Crippen molar-refractivity contribution in [3.8, 4) is 0 Å². The fourth-order valence-corrected chi connectivity index (χ4v) is 4.74. The molecule has 0 saturated heterocycles. The number of fused-ring (bicyclic) bond motifs is 1. The highest BCUT2D eigenvalue weighted by molar-refractivity contribution is 8.01. The van der Waals surface area contributed by atoms with E-state index in [0.717, 1.165) is 21.2 Å². The first-order chi connectivity index (χ1) is 11.5. The monoisotopic (exact) mass is 359 g/mol. The van der Waals surface area contributed by atoms with E-state index in [4.69, 9.17) is 9.72 Å². The second-order valence-electron chi connectivity index (χ2n) is 5.99. The maximum atomic E-state index is 6.12. The molecule has 2 atom stereocenters. The second-order valence-corrected chi connectivity index (χ2v) is 8.65. The van der Waals surface area contributed by atoms with Crippen LogP contribution in [0.2, 0.25) is 0 Å². The molecule has 0 aliphatic carbocycles. The van der Waals surface area contributed by atoms with Gasteiger partial charge in [-0.25, -0.2) is 15.0 Å². The van der Waals surface area contributed by atoms with Gasteiger partial charge in [0, 0.05) is 17.6 Å². The van der Waals surface area contributed by atoms with Crippen molar-refractivity contribution in [3.63, 3.8) is 0 Å². The van der Waals surface area contributed by atoms with Crippen LogP contribution in [-0.2, 0) is 4.74 Å². The van der Waals surface area contributed by atoms with E-state index in [2.05, 4.69) is 23.0 Å². The molecule has 0 N–H and O–H groups in total. The van der Waals surface area contributed by atoms with Gasteiger partial charge in [-0.1, -0.05) is 23.9 Å². The molecule has 0 bridgehead atoms. The van der Waals surface area contributed by atoms with Crippen LogP contribution in [0.5, 0.6) is 0 Å². The predicted molar refractivity (Wildman–Crippen MR) is 101 cm³/mol. The molecule has 6 heteroatoms. The van der Waals surface area contributed by atoms with Gasteiger partial charge < -0.3 is 4.74 Å². The number of nitrogens with zero attached hydrogens (tertiary/aromatic N) is 3. The summed E-state index contributed by atoms with van der Waals surface area (Å²) in [6.07, 6.45) is 3.63. The van der Waals surface area contributed by atoms with Crippen molar-refractivity contribution in [2.75, 3.05) is 0 Å². The van der Waals surface area contributed by atoms with Crippen LogP contribution < -0.4 is 0 Å². The van der Waals surface area contributed by atoms with E-state index in [9.17, 15) is 0 Å². The Labute approximate surface area is 150 Å². The normalized spacial score (nSPS) is 14.2. The van der Waals surface area contributed by atoms with Crippen LogP contribution in [0.3, 0.4) is 0 Å². The molecular formula is C18H21N3OS2. The molecule has 3 rings (SSSR count). The summed E-state index contributed by atoms with van der Waals surface area (Å²) in [7, 11) is 0. The van der Waals surface area contributed by atoms with Crippen molar-refractivity contribution in [1.29, 1.82) is 0 Å². The Morgan fingerprint density at radius 3 is 2.46 bits per heavy atom. The van der Waals surface area contributed by atoms with Gasteiger partial charge in [-0.05, 0) is 45.4 Å². The average molecular weight is 360 g/mol. The quantitative estimate of drug-likeness (QED) is 0.577. The van der Waals surface area contributed by atoms with Gasteiger partial charge in [0.1, 0.15) is 6.10 Å². The van der Waals surface area contributed by atoms with E-state index in [0.29, 0.717) is 0 Å². The number of thioether (sulfide) groups is 1. The van der Waals surface area contributed by atoms with E-state index in [1.165, 1.54) is 4.70 Å². The van der Waals surface area contributed by atoms with Gasteiger partial charge in [0.05, 0.1) is 16.3 Å². The topological polar surface area (TPSA) is 47.9 Å². The highest BCUT2D eigenvalue weighted by atomic mass is 32.2. The number of hydrogen-bond acceptors (Lipinski definition) is 6. The molecular weight excluding hydrogens is 338 g/mol. The molecule has 0 fully saturated rings. The molecule has 2 heterocycles. The summed E-state index contributed by atoms with van der Waals surface area (Å²) in [6.45, 7) is 8.21. The number of aromatic nitrogens is 3. The van der Waals surface area contributed by atoms with Crippen molar-refractivity contribution in [3.05, 3.63) is 48.0 Å². The molecule has 24 heavy (non-hydrogen) atoms. The number of para-hydroxylation sites is 1. The van der Waals surface area contributed by atoms with Gasteiger partial charge in [-0.2, -0.15) is 0 Å². The molecule has 0 amide bonds. The number of thiazole rings is 1. The van der Waals surface area contributed by atoms with Crippen molar-refractivity contribution < 1.29 is 4.74 Å². The molecule has 1 aromatic carbocycles. The summed E-state index contributed by atoms with van der Waals surface area (Å²) in [6, 6.07) is 8.21. The van der Waals surface area contributed by atoms with E-state index < -0.39 is 0 Å². The van der Waals surface area contributed by atoms with Crippen LogP contribution in [0.1, 0.15) is 38.3 Å². The van der Waals surface area contributed by atoms with Crippen molar-refractivity contribution in [1.82, 2.24) is 15.0 Å². The van der Waals surface area contributed by atoms with Crippen LogP contribution in [0, 0.1) is 6.92 Å². The average Bonchev–Trinajstić information content (AvgIpc) is 2.95. The van der Waals surface area contributed by atoms with Crippen molar-refractivity contribution >= 4 is 33.3 Å². The van der Waals surface area contributed by atoms with E-state index in [1.807, 2.05) is 51.4 Å². The van der Waals surface area contributed by atoms with E-state index in [1.54, 1.807) is 23.1 Å². The molecule has 0 spiro atoms. The van der Waals surface area contributed by atoms with E-state index >= 15 is 0 Å². The molecule has 0 saturated carbocycles. The van der Waals surface area contributed by atoms with Crippen LogP contribution in [0.15, 0.2) is 41.0 Å². The van der Waals surface area contributed by atoms with E-state index in [-0.39, 0.29) is 17.5 Å². The van der Waals surface area contributed by atoms with Crippen LogP contribution in [-0.4, -0.2) is 26.3 Å². The highest BCUT2D eigenvalue weighted by Crippen LogP contribution is 2.37. The third kappa shape index (κ3) is 4.12. The summed E-state index contributed by atoms with van der Waals surface area (Å²) in [5, 5.41) is 0.163. The van der Waals surface area contributed by atoms with Gasteiger partial charge in [0.25, 0.3) is 0 Å². The van der Waals surface area contributed by atoms with Crippen molar-refractivity contribution in [2.45, 2.75) is 49.5 Å². The largest absolute Gasteiger partial charge is 0.366 e. The standard InChI is InChI=1S/C18H21N3OS2/c1-11(2)22-16(17-19-9-12(3)10-20-17)13(4)23-18-21-14-7-5-6-8-15(14)24-18/h5-11,13,16H,1-4H3/t13-,16+/m1/s1. The summed E-state index contributed by atoms with van der Waals surface area (Å²) < 4.78 is 8.37. The lowest BCUT2D eigenvalue weighted by molar-refractivity contribution is 0.00279. The highest BCUT2D eigenvalue weighted by Gasteiger charge is 2.26. The second kappa shape index (κ2) is 7.59. The van der Waals surface area contributed by atoms with Crippen LogP contribution >= 0.6 is 23.1 Å². The Balaban J connectivity index is 1.82. The first-order valence-corrected chi connectivity index (χ1v) is 9.69. The molecule has 2 aromatic heterocycles. The summed E-state index contributed by atoms with van der Waals surface area (Å²) in [4.78, 5) is 13.6. The fourth-order valence-electron chi connectivity index (χ4n) is 2.35. The first kappa shape index (κ1) is 17.3. The van der Waals surface area contributed by atoms with Gasteiger partial charge in [-0.3, -0.25) is 0 Å². The summed E-state index contributed by atoms with van der Waals surface area (Å²) >= 11 is 3.44. The lowest BCUT2D eigenvalue weighted by atomic mass is 10.2. The Bertz CT molecular complexity index is 768.